The van der Waals surface area contributed by atoms with Crippen molar-refractivity contribution in [3.8, 4) is 11.5 Å². The van der Waals surface area contributed by atoms with Crippen molar-refractivity contribution in [2.45, 2.75) is 13.0 Å². The van der Waals surface area contributed by atoms with Gasteiger partial charge in [-0.05, 0) is 41.8 Å². The van der Waals surface area contributed by atoms with Crippen molar-refractivity contribution in [3.05, 3.63) is 63.8 Å². The van der Waals surface area contributed by atoms with Gasteiger partial charge < -0.3 is 19.5 Å². The van der Waals surface area contributed by atoms with Gasteiger partial charge in [-0.3, -0.25) is 4.79 Å². The molecule has 0 saturated heterocycles. The first-order valence-corrected chi connectivity index (χ1v) is 9.19. The summed E-state index contributed by atoms with van der Waals surface area (Å²) in [6, 6.07) is 9.74. The number of halogens is 4. The highest BCUT2D eigenvalue weighted by Gasteiger charge is 2.15. The van der Waals surface area contributed by atoms with Gasteiger partial charge in [-0.2, -0.15) is 8.78 Å². The first kappa shape index (κ1) is 22.8. The maximum Gasteiger partial charge on any atom is 0.386 e. The second-order valence-corrected chi connectivity index (χ2v) is 6.57. The number of rotatable bonds is 9. The molecule has 2 aromatic rings. The molecule has 0 heterocycles. The Balaban J connectivity index is 2.10. The second-order valence-electron chi connectivity index (χ2n) is 5.75. The Bertz CT molecular complexity index is 891. The summed E-state index contributed by atoms with van der Waals surface area (Å²) in [6.45, 7) is -2.81. The Morgan fingerprint density at radius 3 is 2.41 bits per heavy atom. The van der Waals surface area contributed by atoms with E-state index >= 15 is 0 Å². The van der Waals surface area contributed by atoms with Gasteiger partial charge in [0.1, 0.15) is 6.26 Å². The average molecular weight is 446 g/mol. The van der Waals surface area contributed by atoms with Crippen LogP contribution in [0.1, 0.15) is 11.1 Å². The SMILES string of the molecule is COc1ccc(CCNC(=O)/C(=C\OC(F)F)c2ccc(Cl)c(Cl)c2)cc1OC. The van der Waals surface area contributed by atoms with Crippen LogP contribution in [-0.2, 0) is 16.0 Å². The third-order valence-corrected chi connectivity index (χ3v) is 4.65. The zero-order chi connectivity index (χ0) is 21.4. The summed E-state index contributed by atoms with van der Waals surface area (Å²) in [6.07, 6.45) is 1.19. The van der Waals surface area contributed by atoms with Crippen LogP contribution in [0.3, 0.4) is 0 Å². The van der Waals surface area contributed by atoms with Gasteiger partial charge in [0.05, 0.1) is 29.8 Å². The van der Waals surface area contributed by atoms with Crippen LogP contribution in [0.5, 0.6) is 11.5 Å². The molecule has 2 aromatic carbocycles. The number of hydrogen-bond acceptors (Lipinski definition) is 4. The Morgan fingerprint density at radius 2 is 1.79 bits per heavy atom. The van der Waals surface area contributed by atoms with Crippen LogP contribution in [0.2, 0.25) is 10.0 Å². The molecule has 0 radical (unpaired) electrons. The maximum atomic E-state index is 12.5. The number of carbonyl (C=O) groups excluding carboxylic acids is 1. The molecule has 1 amide bonds. The fourth-order valence-electron chi connectivity index (χ4n) is 2.49. The summed E-state index contributed by atoms with van der Waals surface area (Å²) in [4.78, 5) is 12.5. The molecule has 2 rings (SSSR count). The van der Waals surface area contributed by atoms with Gasteiger partial charge in [0, 0.05) is 6.54 Å². The molecule has 156 valence electrons. The standard InChI is InChI=1S/C20H19Cl2F2NO4/c1-27-17-6-3-12(9-18(17)28-2)7-8-25-19(26)14(11-29-20(23)24)13-4-5-15(21)16(22)10-13/h3-6,9-11,20H,7-8H2,1-2H3,(H,25,26)/b14-11-. The number of alkyl halides is 2. The zero-order valence-corrected chi connectivity index (χ0v) is 17.2. The molecular weight excluding hydrogens is 427 g/mol. The van der Waals surface area contributed by atoms with Crippen molar-refractivity contribution in [3.63, 3.8) is 0 Å². The van der Waals surface area contributed by atoms with Crippen molar-refractivity contribution < 1.29 is 27.8 Å². The van der Waals surface area contributed by atoms with Crippen LogP contribution in [0.15, 0.2) is 42.7 Å². The minimum absolute atomic E-state index is 0.101. The fraction of sp³-hybridized carbons (Fsp3) is 0.250. The minimum atomic E-state index is -3.06. The van der Waals surface area contributed by atoms with E-state index in [0.717, 1.165) is 5.56 Å². The van der Waals surface area contributed by atoms with Crippen LogP contribution in [0.25, 0.3) is 5.57 Å². The highest BCUT2D eigenvalue weighted by Crippen LogP contribution is 2.28. The van der Waals surface area contributed by atoms with Gasteiger partial charge in [0.2, 0.25) is 0 Å². The zero-order valence-electron chi connectivity index (χ0n) is 15.7. The van der Waals surface area contributed by atoms with E-state index in [4.69, 9.17) is 32.7 Å². The van der Waals surface area contributed by atoms with Crippen LogP contribution < -0.4 is 14.8 Å². The van der Waals surface area contributed by atoms with Crippen molar-refractivity contribution >= 4 is 34.7 Å². The monoisotopic (exact) mass is 445 g/mol. The van der Waals surface area contributed by atoms with E-state index in [9.17, 15) is 13.6 Å². The average Bonchev–Trinajstić information content (AvgIpc) is 2.70. The molecule has 0 unspecified atom stereocenters. The van der Waals surface area contributed by atoms with Crippen LogP contribution >= 0.6 is 23.2 Å². The lowest BCUT2D eigenvalue weighted by Crippen LogP contribution is -2.27. The van der Waals surface area contributed by atoms with Crippen molar-refractivity contribution in [2.75, 3.05) is 20.8 Å². The topological polar surface area (TPSA) is 56.8 Å². The van der Waals surface area contributed by atoms with Crippen LogP contribution in [0.4, 0.5) is 8.78 Å². The molecule has 0 aliphatic carbocycles. The molecule has 5 nitrogen and oxygen atoms in total. The highest BCUT2D eigenvalue weighted by molar-refractivity contribution is 6.42. The number of ether oxygens (including phenoxy) is 3. The van der Waals surface area contributed by atoms with Gasteiger partial charge in [-0.25, -0.2) is 0 Å². The molecule has 0 spiro atoms. The molecule has 29 heavy (non-hydrogen) atoms. The first-order valence-electron chi connectivity index (χ1n) is 8.44. The quantitative estimate of drug-likeness (QED) is 0.438. The van der Waals surface area contributed by atoms with Crippen molar-refractivity contribution in [1.82, 2.24) is 5.32 Å². The Kier molecular flexibility index (Phi) is 8.54. The van der Waals surface area contributed by atoms with E-state index in [1.54, 1.807) is 12.1 Å². The molecule has 0 saturated carbocycles. The molecule has 1 N–H and O–H groups in total. The normalized spacial score (nSPS) is 11.3. The van der Waals surface area contributed by atoms with Gasteiger partial charge in [0.15, 0.2) is 11.5 Å². The number of amides is 1. The Morgan fingerprint density at radius 1 is 1.07 bits per heavy atom. The van der Waals surface area contributed by atoms with Crippen LogP contribution in [-0.4, -0.2) is 33.3 Å². The minimum Gasteiger partial charge on any atom is -0.493 e. The summed E-state index contributed by atoms with van der Waals surface area (Å²) < 4.78 is 39.5. The maximum absolute atomic E-state index is 12.5. The molecule has 0 bridgehead atoms. The summed E-state index contributed by atoms with van der Waals surface area (Å²) in [5.41, 5.74) is 1.09. The van der Waals surface area contributed by atoms with E-state index in [2.05, 4.69) is 10.1 Å². The summed E-state index contributed by atoms with van der Waals surface area (Å²) in [5.74, 6) is 0.567. The highest BCUT2D eigenvalue weighted by atomic mass is 35.5. The van der Waals surface area contributed by atoms with E-state index < -0.39 is 12.5 Å². The number of benzene rings is 2. The molecule has 0 aromatic heterocycles. The molecule has 0 atom stereocenters. The number of methoxy groups -OCH3 is 2. The molecular formula is C20H19Cl2F2NO4. The van der Waals surface area contributed by atoms with Gasteiger partial charge >= 0.3 is 6.61 Å². The summed E-state index contributed by atoms with van der Waals surface area (Å²) in [5, 5.41) is 3.14. The number of hydrogen-bond donors (Lipinski definition) is 1. The first-order chi connectivity index (χ1) is 13.8. The Labute approximate surface area is 177 Å². The predicted octanol–water partition coefficient (Wildman–Crippen LogP) is 4.95. The molecule has 0 fully saturated rings. The lowest BCUT2D eigenvalue weighted by atomic mass is 10.1. The molecule has 9 heteroatoms. The second kappa shape index (κ2) is 10.9. The third kappa shape index (κ3) is 6.51. The van der Waals surface area contributed by atoms with Gasteiger partial charge in [0.25, 0.3) is 5.91 Å². The predicted molar refractivity (Wildman–Crippen MR) is 108 cm³/mol. The number of nitrogens with one attached hydrogen (secondary N) is 1. The van der Waals surface area contributed by atoms with E-state index in [-0.39, 0.29) is 22.2 Å². The lowest BCUT2D eigenvalue weighted by molar-refractivity contribution is -0.116. The number of carbonyl (C=O) groups is 1. The van der Waals surface area contributed by atoms with Crippen LogP contribution in [0, 0.1) is 0 Å². The smallest absolute Gasteiger partial charge is 0.386 e. The van der Waals surface area contributed by atoms with Gasteiger partial charge in [-0.15, -0.1) is 0 Å². The fourth-order valence-corrected chi connectivity index (χ4v) is 2.79. The van der Waals surface area contributed by atoms with Gasteiger partial charge in [-0.1, -0.05) is 35.3 Å². The lowest BCUT2D eigenvalue weighted by Gasteiger charge is -2.12. The van der Waals surface area contributed by atoms with E-state index in [0.29, 0.717) is 29.7 Å². The molecule has 0 aliphatic rings. The summed E-state index contributed by atoms with van der Waals surface area (Å²) in [7, 11) is 3.07. The Hall–Kier alpha value is -2.51. The summed E-state index contributed by atoms with van der Waals surface area (Å²) >= 11 is 11.8. The van der Waals surface area contributed by atoms with Crippen molar-refractivity contribution in [2.24, 2.45) is 0 Å². The van der Waals surface area contributed by atoms with E-state index in [1.165, 1.54) is 32.4 Å². The largest absolute Gasteiger partial charge is 0.493 e. The molecule has 0 aliphatic heterocycles. The van der Waals surface area contributed by atoms with Crippen molar-refractivity contribution in [1.29, 1.82) is 0 Å². The van der Waals surface area contributed by atoms with E-state index in [1.807, 2.05) is 6.07 Å². The third-order valence-electron chi connectivity index (χ3n) is 3.91.